The zero-order valence-corrected chi connectivity index (χ0v) is 13.7. The molecule has 3 aromatic rings. The first-order valence-electron chi connectivity index (χ1n) is 8.58. The maximum absolute atomic E-state index is 13.0. The first kappa shape index (κ1) is 14.3. The molecular formula is C20H18N4O. The summed E-state index contributed by atoms with van der Waals surface area (Å²) < 4.78 is 1.97. The molecule has 124 valence electrons. The summed E-state index contributed by atoms with van der Waals surface area (Å²) in [6.45, 7) is 0. The standard InChI is InChI=1S/C20H18N4O/c25-20-17-3-1-2-4-18(17)22-19(24(20)16-9-10-16)14-5-7-15(8-6-14)23-12-11-21-13-23/h1-8,11-13,16,19,22H,9-10H2. The third-order valence-corrected chi connectivity index (χ3v) is 4.91. The molecule has 1 fully saturated rings. The van der Waals surface area contributed by atoms with Crippen molar-refractivity contribution in [1.29, 1.82) is 0 Å². The fourth-order valence-electron chi connectivity index (χ4n) is 3.48. The van der Waals surface area contributed by atoms with Gasteiger partial charge >= 0.3 is 0 Å². The predicted octanol–water partition coefficient (Wildman–Crippen LogP) is 3.60. The quantitative estimate of drug-likeness (QED) is 0.798. The Morgan fingerprint density at radius 3 is 2.56 bits per heavy atom. The molecule has 2 heterocycles. The molecule has 25 heavy (non-hydrogen) atoms. The van der Waals surface area contributed by atoms with Crippen LogP contribution in [-0.2, 0) is 0 Å². The molecule has 2 aliphatic rings. The number of para-hydroxylation sites is 1. The van der Waals surface area contributed by atoms with Crippen molar-refractivity contribution in [1.82, 2.24) is 14.5 Å². The fraction of sp³-hybridized carbons (Fsp3) is 0.200. The smallest absolute Gasteiger partial charge is 0.258 e. The number of benzene rings is 2. The normalized spacial score (nSPS) is 19.4. The van der Waals surface area contributed by atoms with E-state index in [9.17, 15) is 4.79 Å². The van der Waals surface area contributed by atoms with Gasteiger partial charge in [-0.15, -0.1) is 0 Å². The van der Waals surface area contributed by atoms with E-state index in [1.54, 1.807) is 12.5 Å². The summed E-state index contributed by atoms with van der Waals surface area (Å²) in [5, 5.41) is 3.56. The Kier molecular flexibility index (Phi) is 3.13. The second-order valence-corrected chi connectivity index (χ2v) is 6.60. The Morgan fingerprint density at radius 2 is 1.84 bits per heavy atom. The highest BCUT2D eigenvalue weighted by Gasteiger charge is 2.41. The Morgan fingerprint density at radius 1 is 1.04 bits per heavy atom. The summed E-state index contributed by atoms with van der Waals surface area (Å²) in [5.74, 6) is 0.125. The maximum atomic E-state index is 13.0. The zero-order valence-electron chi connectivity index (χ0n) is 13.7. The van der Waals surface area contributed by atoms with Gasteiger partial charge in [0.05, 0.1) is 11.9 Å². The zero-order chi connectivity index (χ0) is 16.8. The van der Waals surface area contributed by atoms with Crippen molar-refractivity contribution in [3.05, 3.63) is 78.4 Å². The topological polar surface area (TPSA) is 50.2 Å². The number of nitrogens with zero attached hydrogens (tertiary/aromatic N) is 3. The van der Waals surface area contributed by atoms with Crippen molar-refractivity contribution >= 4 is 11.6 Å². The predicted molar refractivity (Wildman–Crippen MR) is 95.6 cm³/mol. The minimum absolute atomic E-state index is 0.119. The molecule has 2 aromatic carbocycles. The summed E-state index contributed by atoms with van der Waals surface area (Å²) in [6, 6.07) is 16.4. The molecule has 1 aromatic heterocycles. The van der Waals surface area contributed by atoms with Crippen LogP contribution >= 0.6 is 0 Å². The van der Waals surface area contributed by atoms with Crippen LogP contribution in [0.25, 0.3) is 5.69 Å². The van der Waals surface area contributed by atoms with Crippen molar-refractivity contribution in [3.63, 3.8) is 0 Å². The Bertz CT molecular complexity index is 913. The van der Waals surface area contributed by atoms with E-state index in [4.69, 9.17) is 0 Å². The average molecular weight is 330 g/mol. The van der Waals surface area contributed by atoms with Crippen molar-refractivity contribution < 1.29 is 4.79 Å². The number of nitrogens with one attached hydrogen (secondary N) is 1. The molecular weight excluding hydrogens is 312 g/mol. The molecule has 5 rings (SSSR count). The molecule has 1 unspecified atom stereocenters. The van der Waals surface area contributed by atoms with Crippen LogP contribution in [-0.4, -0.2) is 26.4 Å². The highest BCUT2D eigenvalue weighted by Crippen LogP contribution is 2.40. The van der Waals surface area contributed by atoms with Crippen LogP contribution in [0.5, 0.6) is 0 Å². The first-order chi connectivity index (χ1) is 12.3. The van der Waals surface area contributed by atoms with Gasteiger partial charge < -0.3 is 14.8 Å². The number of carbonyl (C=O) groups is 1. The van der Waals surface area contributed by atoms with E-state index >= 15 is 0 Å². The van der Waals surface area contributed by atoms with E-state index in [0.29, 0.717) is 6.04 Å². The Hall–Kier alpha value is -3.08. The van der Waals surface area contributed by atoms with E-state index in [-0.39, 0.29) is 12.1 Å². The molecule has 1 atom stereocenters. The fourth-order valence-corrected chi connectivity index (χ4v) is 3.48. The molecule has 5 nitrogen and oxygen atoms in total. The molecule has 0 radical (unpaired) electrons. The number of anilines is 1. The van der Waals surface area contributed by atoms with Crippen molar-refractivity contribution in [2.24, 2.45) is 0 Å². The van der Waals surface area contributed by atoms with Gasteiger partial charge in [-0.05, 0) is 42.7 Å². The van der Waals surface area contributed by atoms with Crippen LogP contribution in [0.2, 0.25) is 0 Å². The van der Waals surface area contributed by atoms with Crippen molar-refractivity contribution in [3.8, 4) is 5.69 Å². The lowest BCUT2D eigenvalue weighted by Gasteiger charge is -2.38. The van der Waals surface area contributed by atoms with E-state index in [1.807, 2.05) is 39.9 Å². The van der Waals surface area contributed by atoms with Gasteiger partial charge in [-0.2, -0.15) is 0 Å². The average Bonchev–Trinajstić information content (AvgIpc) is 3.34. The first-order valence-corrected chi connectivity index (χ1v) is 8.58. The van der Waals surface area contributed by atoms with Gasteiger partial charge in [0.15, 0.2) is 0 Å². The van der Waals surface area contributed by atoms with Gasteiger partial charge in [-0.1, -0.05) is 24.3 Å². The Labute approximate surface area is 145 Å². The van der Waals surface area contributed by atoms with Crippen LogP contribution in [0.3, 0.4) is 0 Å². The van der Waals surface area contributed by atoms with E-state index in [0.717, 1.165) is 35.3 Å². The minimum atomic E-state index is -0.119. The number of hydrogen-bond acceptors (Lipinski definition) is 3. The second-order valence-electron chi connectivity index (χ2n) is 6.60. The lowest BCUT2D eigenvalue weighted by molar-refractivity contribution is 0.0666. The molecule has 0 bridgehead atoms. The summed E-state index contributed by atoms with van der Waals surface area (Å²) in [4.78, 5) is 19.1. The largest absolute Gasteiger partial charge is 0.361 e. The highest BCUT2D eigenvalue weighted by atomic mass is 16.2. The maximum Gasteiger partial charge on any atom is 0.258 e. The Balaban J connectivity index is 1.52. The van der Waals surface area contributed by atoms with Gasteiger partial charge in [-0.3, -0.25) is 4.79 Å². The van der Waals surface area contributed by atoms with Crippen LogP contribution in [0.1, 0.15) is 34.9 Å². The third-order valence-electron chi connectivity index (χ3n) is 4.91. The van der Waals surface area contributed by atoms with Crippen molar-refractivity contribution in [2.75, 3.05) is 5.32 Å². The van der Waals surface area contributed by atoms with E-state index in [1.165, 1.54) is 0 Å². The van der Waals surface area contributed by atoms with Crippen LogP contribution < -0.4 is 5.32 Å². The lowest BCUT2D eigenvalue weighted by atomic mass is 10.0. The van der Waals surface area contributed by atoms with Gasteiger partial charge in [0, 0.05) is 29.8 Å². The van der Waals surface area contributed by atoms with Crippen LogP contribution in [0, 0.1) is 0 Å². The molecule has 1 amide bonds. The molecule has 1 aliphatic heterocycles. The summed E-state index contributed by atoms with van der Waals surface area (Å²) in [6.07, 6.45) is 7.51. The second kappa shape index (κ2) is 5.48. The number of rotatable bonds is 3. The van der Waals surface area contributed by atoms with Gasteiger partial charge in [-0.25, -0.2) is 4.98 Å². The molecule has 1 aliphatic carbocycles. The number of imidazole rings is 1. The third kappa shape index (κ3) is 2.39. The lowest BCUT2D eigenvalue weighted by Crippen LogP contribution is -2.44. The molecule has 5 heteroatoms. The minimum Gasteiger partial charge on any atom is -0.361 e. The highest BCUT2D eigenvalue weighted by molar-refractivity contribution is 6.02. The number of aromatic nitrogens is 2. The number of amides is 1. The van der Waals surface area contributed by atoms with Crippen molar-refractivity contribution in [2.45, 2.75) is 25.0 Å². The SMILES string of the molecule is O=C1c2ccccc2NC(c2ccc(-n3ccnc3)cc2)N1C1CC1. The molecule has 0 spiro atoms. The number of hydrogen-bond donors (Lipinski definition) is 1. The van der Waals surface area contributed by atoms with Gasteiger partial charge in [0.1, 0.15) is 6.17 Å². The van der Waals surface area contributed by atoms with Crippen LogP contribution in [0.4, 0.5) is 5.69 Å². The number of carbonyl (C=O) groups excluding carboxylic acids is 1. The summed E-state index contributed by atoms with van der Waals surface area (Å²) >= 11 is 0. The molecule has 0 saturated heterocycles. The summed E-state index contributed by atoms with van der Waals surface area (Å²) in [7, 11) is 0. The van der Waals surface area contributed by atoms with Gasteiger partial charge in [0.25, 0.3) is 5.91 Å². The van der Waals surface area contributed by atoms with E-state index < -0.39 is 0 Å². The molecule has 1 N–H and O–H groups in total. The van der Waals surface area contributed by atoms with Gasteiger partial charge in [0.2, 0.25) is 0 Å². The van der Waals surface area contributed by atoms with Crippen LogP contribution in [0.15, 0.2) is 67.3 Å². The number of fused-ring (bicyclic) bond motifs is 1. The summed E-state index contributed by atoms with van der Waals surface area (Å²) in [5.41, 5.74) is 3.83. The monoisotopic (exact) mass is 330 g/mol. The van der Waals surface area contributed by atoms with E-state index in [2.05, 4.69) is 34.6 Å². The molecule has 1 saturated carbocycles.